The van der Waals surface area contributed by atoms with Crippen molar-refractivity contribution in [1.82, 2.24) is 10.3 Å². The Morgan fingerprint density at radius 1 is 1.44 bits per heavy atom. The van der Waals surface area contributed by atoms with Gasteiger partial charge in [0.05, 0.1) is 18.0 Å². The number of ether oxygens (including phenoxy) is 1. The molecule has 1 aliphatic rings. The fourth-order valence-electron chi connectivity index (χ4n) is 2.05. The van der Waals surface area contributed by atoms with Gasteiger partial charge in [0.15, 0.2) is 0 Å². The third-order valence-electron chi connectivity index (χ3n) is 3.12. The zero-order valence-corrected chi connectivity index (χ0v) is 11.3. The summed E-state index contributed by atoms with van der Waals surface area (Å²) < 4.78 is 19.0. The Labute approximate surface area is 108 Å². The third kappa shape index (κ3) is 3.27. The summed E-state index contributed by atoms with van der Waals surface area (Å²) in [5.74, 6) is -0.226. The summed E-state index contributed by atoms with van der Waals surface area (Å²) in [5.41, 5.74) is 1.15. The molecule has 1 saturated heterocycles. The molecule has 100 valence electrons. The first kappa shape index (κ1) is 13.4. The van der Waals surface area contributed by atoms with Crippen LogP contribution in [-0.4, -0.2) is 24.2 Å². The second-order valence-electron chi connectivity index (χ2n) is 5.82. The third-order valence-corrected chi connectivity index (χ3v) is 3.12. The lowest BCUT2D eigenvalue weighted by Gasteiger charge is -2.19. The van der Waals surface area contributed by atoms with Crippen molar-refractivity contribution in [3.63, 3.8) is 0 Å². The van der Waals surface area contributed by atoms with E-state index in [1.807, 2.05) is 20.8 Å². The van der Waals surface area contributed by atoms with Gasteiger partial charge in [-0.3, -0.25) is 4.98 Å². The summed E-state index contributed by atoms with van der Waals surface area (Å²) >= 11 is 0. The number of hydrogen-bond acceptors (Lipinski definition) is 3. The number of pyridine rings is 1. The molecule has 1 aromatic heterocycles. The monoisotopic (exact) mass is 252 g/mol. The van der Waals surface area contributed by atoms with Crippen LogP contribution >= 0.6 is 0 Å². The highest BCUT2D eigenvalue weighted by molar-refractivity contribution is 5.19. The Bertz CT molecular complexity index is 409. The second-order valence-corrected chi connectivity index (χ2v) is 5.82. The van der Waals surface area contributed by atoms with Gasteiger partial charge in [-0.25, -0.2) is 4.39 Å². The standard InChI is InChI=1S/C14H21FN2O/c1-14(2,3)13-12(15)5-4-10(17-13)8-16-11-6-7-18-9-11/h4-5,11,16H,6-9H2,1-3H3. The van der Waals surface area contributed by atoms with Crippen LogP contribution in [0.4, 0.5) is 4.39 Å². The molecule has 1 unspecified atom stereocenters. The fourth-order valence-corrected chi connectivity index (χ4v) is 2.05. The van der Waals surface area contributed by atoms with Crippen molar-refractivity contribution >= 4 is 0 Å². The van der Waals surface area contributed by atoms with Crippen molar-refractivity contribution in [2.75, 3.05) is 13.2 Å². The van der Waals surface area contributed by atoms with Gasteiger partial charge in [-0.2, -0.15) is 0 Å². The summed E-state index contributed by atoms with van der Waals surface area (Å²) in [5, 5.41) is 3.39. The van der Waals surface area contributed by atoms with E-state index in [1.54, 1.807) is 6.07 Å². The molecule has 0 spiro atoms. The number of rotatable bonds is 3. The van der Waals surface area contributed by atoms with E-state index in [2.05, 4.69) is 10.3 Å². The van der Waals surface area contributed by atoms with Gasteiger partial charge >= 0.3 is 0 Å². The molecular weight excluding hydrogens is 231 g/mol. The van der Waals surface area contributed by atoms with Gasteiger partial charge < -0.3 is 10.1 Å². The quantitative estimate of drug-likeness (QED) is 0.897. The first-order valence-electron chi connectivity index (χ1n) is 6.44. The molecular formula is C14H21FN2O. The second kappa shape index (κ2) is 5.33. The van der Waals surface area contributed by atoms with Crippen LogP contribution in [0.1, 0.15) is 38.6 Å². The first-order valence-corrected chi connectivity index (χ1v) is 6.44. The van der Waals surface area contributed by atoms with E-state index >= 15 is 0 Å². The molecule has 1 atom stereocenters. The first-order chi connectivity index (χ1) is 8.47. The van der Waals surface area contributed by atoms with E-state index in [-0.39, 0.29) is 11.2 Å². The lowest BCUT2D eigenvalue weighted by Crippen LogP contribution is -2.29. The molecule has 1 aliphatic heterocycles. The van der Waals surface area contributed by atoms with Crippen LogP contribution in [0, 0.1) is 5.82 Å². The van der Waals surface area contributed by atoms with E-state index in [0.717, 1.165) is 25.3 Å². The van der Waals surface area contributed by atoms with E-state index in [4.69, 9.17) is 4.74 Å². The van der Waals surface area contributed by atoms with E-state index in [9.17, 15) is 4.39 Å². The van der Waals surface area contributed by atoms with Crippen molar-refractivity contribution in [2.45, 2.75) is 45.2 Å². The zero-order chi connectivity index (χ0) is 13.2. The lowest BCUT2D eigenvalue weighted by atomic mass is 9.91. The molecule has 1 fully saturated rings. The maximum Gasteiger partial charge on any atom is 0.145 e. The molecule has 2 rings (SSSR count). The van der Waals surface area contributed by atoms with Crippen LogP contribution in [-0.2, 0) is 16.7 Å². The van der Waals surface area contributed by atoms with Gasteiger partial charge in [-0.1, -0.05) is 20.8 Å². The van der Waals surface area contributed by atoms with Crippen LogP contribution in [0.25, 0.3) is 0 Å². The highest BCUT2D eigenvalue weighted by atomic mass is 19.1. The van der Waals surface area contributed by atoms with E-state index in [0.29, 0.717) is 18.3 Å². The summed E-state index contributed by atoms with van der Waals surface area (Å²) in [7, 11) is 0. The van der Waals surface area contributed by atoms with Crippen LogP contribution in [0.3, 0.4) is 0 Å². The molecule has 4 heteroatoms. The molecule has 0 bridgehead atoms. The van der Waals surface area contributed by atoms with Crippen molar-refractivity contribution in [1.29, 1.82) is 0 Å². The Morgan fingerprint density at radius 3 is 2.83 bits per heavy atom. The molecule has 0 radical (unpaired) electrons. The van der Waals surface area contributed by atoms with Crippen LogP contribution < -0.4 is 5.32 Å². The number of halogens is 1. The minimum atomic E-state index is -0.267. The molecule has 2 heterocycles. The minimum Gasteiger partial charge on any atom is -0.380 e. The predicted octanol–water partition coefficient (Wildman–Crippen LogP) is 2.40. The van der Waals surface area contributed by atoms with Crippen LogP contribution in [0.2, 0.25) is 0 Å². The van der Waals surface area contributed by atoms with Crippen molar-refractivity contribution < 1.29 is 9.13 Å². The summed E-state index contributed by atoms with van der Waals surface area (Å²) in [4.78, 5) is 4.43. The zero-order valence-electron chi connectivity index (χ0n) is 11.3. The molecule has 0 aromatic carbocycles. The van der Waals surface area contributed by atoms with Gasteiger partial charge in [-0.05, 0) is 18.6 Å². The van der Waals surface area contributed by atoms with Crippen molar-refractivity contribution in [3.05, 3.63) is 29.3 Å². The molecule has 0 aliphatic carbocycles. The Balaban J connectivity index is 2.04. The van der Waals surface area contributed by atoms with E-state index in [1.165, 1.54) is 6.07 Å². The smallest absolute Gasteiger partial charge is 0.145 e. The van der Waals surface area contributed by atoms with Gasteiger partial charge in [-0.15, -0.1) is 0 Å². The topological polar surface area (TPSA) is 34.2 Å². The largest absolute Gasteiger partial charge is 0.380 e. The summed E-state index contributed by atoms with van der Waals surface area (Å²) in [6, 6.07) is 3.65. The van der Waals surface area contributed by atoms with Crippen LogP contribution in [0.15, 0.2) is 12.1 Å². The highest BCUT2D eigenvalue weighted by Crippen LogP contribution is 2.23. The number of nitrogens with one attached hydrogen (secondary N) is 1. The number of nitrogens with zero attached hydrogens (tertiary/aromatic N) is 1. The maximum absolute atomic E-state index is 13.7. The minimum absolute atomic E-state index is 0.226. The maximum atomic E-state index is 13.7. The highest BCUT2D eigenvalue weighted by Gasteiger charge is 2.21. The molecule has 3 nitrogen and oxygen atoms in total. The molecule has 1 aromatic rings. The SMILES string of the molecule is CC(C)(C)c1nc(CNC2CCOC2)ccc1F. The Morgan fingerprint density at radius 2 is 2.22 bits per heavy atom. The molecule has 0 amide bonds. The van der Waals surface area contributed by atoms with Gasteiger partial charge in [0, 0.05) is 24.6 Å². The Hall–Kier alpha value is -1.00. The average molecular weight is 252 g/mol. The normalized spacial score (nSPS) is 20.3. The number of aromatic nitrogens is 1. The lowest BCUT2D eigenvalue weighted by molar-refractivity contribution is 0.189. The average Bonchev–Trinajstić information content (AvgIpc) is 2.79. The van der Waals surface area contributed by atoms with Gasteiger partial charge in [0.2, 0.25) is 0 Å². The molecule has 0 saturated carbocycles. The fraction of sp³-hybridized carbons (Fsp3) is 0.643. The van der Waals surface area contributed by atoms with Gasteiger partial charge in [0.25, 0.3) is 0 Å². The molecule has 18 heavy (non-hydrogen) atoms. The van der Waals surface area contributed by atoms with E-state index < -0.39 is 0 Å². The predicted molar refractivity (Wildman–Crippen MR) is 69.0 cm³/mol. The Kier molecular flexibility index (Phi) is 3.97. The van der Waals surface area contributed by atoms with Crippen molar-refractivity contribution in [3.8, 4) is 0 Å². The number of hydrogen-bond donors (Lipinski definition) is 1. The summed E-state index contributed by atoms with van der Waals surface area (Å²) in [6.07, 6.45) is 1.04. The summed E-state index contributed by atoms with van der Waals surface area (Å²) in [6.45, 7) is 8.16. The van der Waals surface area contributed by atoms with Crippen LogP contribution in [0.5, 0.6) is 0 Å². The van der Waals surface area contributed by atoms with Crippen molar-refractivity contribution in [2.24, 2.45) is 0 Å². The van der Waals surface area contributed by atoms with Gasteiger partial charge in [0.1, 0.15) is 5.82 Å². The molecule has 1 N–H and O–H groups in total.